The summed E-state index contributed by atoms with van der Waals surface area (Å²) in [6, 6.07) is 6.30. The van der Waals surface area contributed by atoms with E-state index >= 15 is 0 Å². The number of urea groups is 1. The lowest BCUT2D eigenvalue weighted by Gasteiger charge is -2.19. The fourth-order valence-electron chi connectivity index (χ4n) is 2.38. The molecule has 1 aliphatic rings. The number of rotatable bonds is 6. The van der Waals surface area contributed by atoms with Crippen LogP contribution in [0.2, 0.25) is 0 Å². The van der Waals surface area contributed by atoms with Crippen LogP contribution >= 0.6 is 0 Å². The lowest BCUT2D eigenvalue weighted by Crippen LogP contribution is -3.13. The van der Waals surface area contributed by atoms with Crippen LogP contribution in [-0.2, 0) is 11.3 Å². The van der Waals surface area contributed by atoms with E-state index in [-0.39, 0.29) is 24.3 Å². The molecule has 0 bridgehead atoms. The van der Waals surface area contributed by atoms with E-state index in [2.05, 4.69) is 10.6 Å². The first-order valence-corrected chi connectivity index (χ1v) is 7.63. The summed E-state index contributed by atoms with van der Waals surface area (Å²) in [6.07, 6.45) is 2.17. The number of quaternary nitrogens is 1. The van der Waals surface area contributed by atoms with Crippen LogP contribution in [0.5, 0.6) is 0 Å². The van der Waals surface area contributed by atoms with Gasteiger partial charge in [-0.2, -0.15) is 0 Å². The van der Waals surface area contributed by atoms with E-state index in [1.165, 1.54) is 12.1 Å². The van der Waals surface area contributed by atoms with Gasteiger partial charge in [0.05, 0.1) is 6.04 Å². The van der Waals surface area contributed by atoms with Crippen molar-refractivity contribution in [3.63, 3.8) is 0 Å². The van der Waals surface area contributed by atoms with Crippen molar-refractivity contribution < 1.29 is 18.9 Å². The molecule has 0 spiro atoms. The molecule has 1 fully saturated rings. The van der Waals surface area contributed by atoms with Crippen LogP contribution < -0.4 is 15.5 Å². The molecule has 120 valence electrons. The molecule has 2 rings (SSSR count). The van der Waals surface area contributed by atoms with Crippen molar-refractivity contribution in [1.29, 1.82) is 0 Å². The summed E-state index contributed by atoms with van der Waals surface area (Å²) in [5.74, 6) is -0.554. The Morgan fingerprint density at radius 2 is 1.91 bits per heavy atom. The second-order valence-corrected chi connectivity index (χ2v) is 6.09. The van der Waals surface area contributed by atoms with Gasteiger partial charge in [-0.1, -0.05) is 12.1 Å². The topological polar surface area (TPSA) is 62.6 Å². The molecule has 22 heavy (non-hydrogen) atoms. The van der Waals surface area contributed by atoms with Crippen LogP contribution in [0.1, 0.15) is 32.3 Å². The largest absolute Gasteiger partial charge is 0.336 e. The highest BCUT2D eigenvalue weighted by molar-refractivity contribution is 5.94. The van der Waals surface area contributed by atoms with E-state index in [9.17, 15) is 14.0 Å². The van der Waals surface area contributed by atoms with E-state index < -0.39 is 6.03 Å². The smallest absolute Gasteiger partial charge is 0.321 e. The highest BCUT2D eigenvalue weighted by Crippen LogP contribution is 2.15. The number of hydrogen-bond donors (Lipinski definition) is 3. The molecule has 1 atom stereocenters. The third kappa shape index (κ3) is 5.44. The quantitative estimate of drug-likeness (QED) is 0.721. The number of halogens is 1. The molecule has 3 N–H and O–H groups in total. The number of carbonyl (C=O) groups excluding carboxylic acids is 2. The predicted molar refractivity (Wildman–Crippen MR) is 80.8 cm³/mol. The third-order valence-electron chi connectivity index (χ3n) is 3.56. The molecule has 6 heteroatoms. The van der Waals surface area contributed by atoms with E-state index in [0.29, 0.717) is 12.6 Å². The maximum atomic E-state index is 12.9. The van der Waals surface area contributed by atoms with Crippen molar-refractivity contribution in [2.45, 2.75) is 45.3 Å². The Morgan fingerprint density at radius 1 is 1.27 bits per heavy atom. The number of carbonyl (C=O) groups is 2. The van der Waals surface area contributed by atoms with Crippen LogP contribution in [0, 0.1) is 5.82 Å². The van der Waals surface area contributed by atoms with Crippen molar-refractivity contribution in [2.24, 2.45) is 0 Å². The van der Waals surface area contributed by atoms with Crippen molar-refractivity contribution in [1.82, 2.24) is 10.6 Å². The lowest BCUT2D eigenvalue weighted by molar-refractivity contribution is -0.917. The monoisotopic (exact) mass is 308 g/mol. The maximum Gasteiger partial charge on any atom is 0.321 e. The molecule has 1 saturated carbocycles. The second kappa shape index (κ2) is 7.35. The van der Waals surface area contributed by atoms with Gasteiger partial charge in [0.15, 0.2) is 6.54 Å². The van der Waals surface area contributed by atoms with Crippen LogP contribution in [0.4, 0.5) is 9.18 Å². The molecule has 3 amide bonds. The fraction of sp³-hybridized carbons (Fsp3) is 0.500. The van der Waals surface area contributed by atoms with E-state index in [0.717, 1.165) is 23.3 Å². The van der Waals surface area contributed by atoms with Gasteiger partial charge in [0, 0.05) is 24.4 Å². The van der Waals surface area contributed by atoms with Crippen molar-refractivity contribution in [3.05, 3.63) is 35.6 Å². The second-order valence-electron chi connectivity index (χ2n) is 6.09. The molecule has 0 aliphatic heterocycles. The van der Waals surface area contributed by atoms with Gasteiger partial charge >= 0.3 is 6.03 Å². The Labute approximate surface area is 129 Å². The van der Waals surface area contributed by atoms with Gasteiger partial charge in [0.2, 0.25) is 0 Å². The first kappa shape index (κ1) is 16.4. The Morgan fingerprint density at radius 3 is 2.45 bits per heavy atom. The molecule has 1 aliphatic carbocycles. The summed E-state index contributed by atoms with van der Waals surface area (Å²) < 4.78 is 12.9. The molecule has 0 saturated heterocycles. The van der Waals surface area contributed by atoms with Crippen LogP contribution in [0.25, 0.3) is 0 Å². The Bertz CT molecular complexity index is 527. The Balaban J connectivity index is 1.87. The summed E-state index contributed by atoms with van der Waals surface area (Å²) in [4.78, 5) is 24.6. The number of amides is 3. The number of nitrogens with one attached hydrogen (secondary N) is 3. The highest BCUT2D eigenvalue weighted by atomic mass is 19.1. The van der Waals surface area contributed by atoms with Crippen LogP contribution in [-0.4, -0.2) is 30.6 Å². The molecule has 5 nitrogen and oxygen atoms in total. The summed E-state index contributed by atoms with van der Waals surface area (Å²) in [7, 11) is 0. The van der Waals surface area contributed by atoms with Gasteiger partial charge < -0.3 is 10.2 Å². The normalized spacial score (nSPS) is 15.5. The number of benzene rings is 1. The van der Waals surface area contributed by atoms with Gasteiger partial charge in [-0.3, -0.25) is 10.1 Å². The average molecular weight is 308 g/mol. The number of imide groups is 1. The summed E-state index contributed by atoms with van der Waals surface area (Å²) in [6.45, 7) is 4.57. The minimum Gasteiger partial charge on any atom is -0.336 e. The minimum atomic E-state index is -0.461. The molecule has 0 radical (unpaired) electrons. The number of hydrogen-bond acceptors (Lipinski definition) is 2. The van der Waals surface area contributed by atoms with Crippen molar-refractivity contribution in [2.75, 3.05) is 6.54 Å². The zero-order valence-electron chi connectivity index (χ0n) is 13.0. The predicted octanol–water partition coefficient (Wildman–Crippen LogP) is 0.607. The van der Waals surface area contributed by atoms with E-state index in [1.807, 2.05) is 13.8 Å². The zero-order valence-corrected chi connectivity index (χ0v) is 13.0. The third-order valence-corrected chi connectivity index (χ3v) is 3.56. The highest BCUT2D eigenvalue weighted by Gasteiger charge is 2.34. The SMILES string of the molecule is CC(C)NC(=O)NC(=O)C[NH+](Cc1ccc(F)cc1)C1CC1. The minimum absolute atomic E-state index is 0.0149. The standard InChI is InChI=1S/C16H22FN3O2/c1-11(2)18-16(22)19-15(21)10-20(14-7-8-14)9-12-3-5-13(17)6-4-12/h3-6,11,14H,7-10H2,1-2H3,(H2,18,19,21,22)/p+1. The van der Waals surface area contributed by atoms with Crippen LogP contribution in [0.15, 0.2) is 24.3 Å². The Hall–Kier alpha value is -1.95. The Kier molecular flexibility index (Phi) is 5.49. The summed E-state index contributed by atoms with van der Waals surface area (Å²) in [5, 5.41) is 4.98. The lowest BCUT2D eigenvalue weighted by atomic mass is 10.2. The first-order valence-electron chi connectivity index (χ1n) is 7.63. The van der Waals surface area contributed by atoms with E-state index in [4.69, 9.17) is 0 Å². The zero-order chi connectivity index (χ0) is 16.1. The van der Waals surface area contributed by atoms with Gasteiger partial charge in [0.1, 0.15) is 12.4 Å². The first-order chi connectivity index (χ1) is 10.4. The summed E-state index contributed by atoms with van der Waals surface area (Å²) >= 11 is 0. The van der Waals surface area contributed by atoms with Crippen LogP contribution in [0.3, 0.4) is 0 Å². The van der Waals surface area contributed by atoms with Gasteiger partial charge in [-0.15, -0.1) is 0 Å². The van der Waals surface area contributed by atoms with Gasteiger partial charge in [-0.25, -0.2) is 9.18 Å². The molecule has 0 heterocycles. The molecule has 1 aromatic carbocycles. The molecule has 1 unspecified atom stereocenters. The van der Waals surface area contributed by atoms with Crippen molar-refractivity contribution in [3.8, 4) is 0 Å². The van der Waals surface area contributed by atoms with Crippen molar-refractivity contribution >= 4 is 11.9 Å². The fourth-order valence-corrected chi connectivity index (χ4v) is 2.38. The van der Waals surface area contributed by atoms with Gasteiger partial charge in [0.25, 0.3) is 5.91 Å². The summed E-state index contributed by atoms with van der Waals surface area (Å²) in [5.41, 5.74) is 0.989. The van der Waals surface area contributed by atoms with E-state index in [1.54, 1.807) is 12.1 Å². The van der Waals surface area contributed by atoms with Gasteiger partial charge in [-0.05, 0) is 26.0 Å². The molecule has 0 aromatic heterocycles. The molecular weight excluding hydrogens is 285 g/mol. The molecule has 1 aromatic rings. The molecular formula is C16H23FN3O2+. The maximum absolute atomic E-state index is 12.9. The average Bonchev–Trinajstić information content (AvgIpc) is 3.23.